The third-order valence-electron chi connectivity index (χ3n) is 6.43. The third kappa shape index (κ3) is 7.94. The number of nitrogens with zero attached hydrogens (tertiary/aromatic N) is 1. The number of hydrogen-bond acceptors (Lipinski definition) is 7. The summed E-state index contributed by atoms with van der Waals surface area (Å²) in [5.41, 5.74) is 1.23. The highest BCUT2D eigenvalue weighted by atomic mass is 19.1. The minimum absolute atomic E-state index is 0.0854. The molecule has 3 rings (SSSR count). The predicted octanol–water partition coefficient (Wildman–Crippen LogP) is 6.44. The minimum atomic E-state index is -0.867. The summed E-state index contributed by atoms with van der Waals surface area (Å²) >= 11 is 0. The second-order valence-electron chi connectivity index (χ2n) is 9.52. The van der Waals surface area contributed by atoms with Crippen LogP contribution in [0.15, 0.2) is 60.8 Å². The van der Waals surface area contributed by atoms with Gasteiger partial charge in [-0.2, -0.15) is 0 Å². The molecule has 2 atom stereocenters. The number of aromatic nitrogens is 1. The molecule has 9 heteroatoms. The lowest BCUT2D eigenvalue weighted by molar-refractivity contribution is -0.153. The Morgan fingerprint density at radius 1 is 0.900 bits per heavy atom. The fourth-order valence-electron chi connectivity index (χ4n) is 4.27. The average molecular weight is 554 g/mol. The van der Waals surface area contributed by atoms with Crippen molar-refractivity contribution in [2.75, 3.05) is 7.11 Å². The maximum Gasteiger partial charge on any atom is 0.311 e. The minimum Gasteiger partial charge on any atom is -0.493 e. The number of unbranched alkanes of at least 4 members (excludes halogenated alkanes) is 1. The van der Waals surface area contributed by atoms with E-state index < -0.39 is 47.3 Å². The molecule has 0 saturated heterocycles. The number of esters is 2. The van der Waals surface area contributed by atoms with Crippen molar-refractivity contribution in [3.05, 3.63) is 89.2 Å². The van der Waals surface area contributed by atoms with E-state index in [1.54, 1.807) is 38.1 Å². The number of ether oxygens (including phenoxy) is 3. The van der Waals surface area contributed by atoms with E-state index in [1.165, 1.54) is 43.6 Å². The zero-order valence-electron chi connectivity index (χ0n) is 23.0. The molecule has 0 saturated carbocycles. The smallest absolute Gasteiger partial charge is 0.311 e. The molecule has 0 N–H and O–H groups in total. The van der Waals surface area contributed by atoms with Crippen LogP contribution in [0.2, 0.25) is 0 Å². The number of ketones is 1. The molecule has 212 valence electrons. The van der Waals surface area contributed by atoms with Crippen LogP contribution in [0.4, 0.5) is 8.78 Å². The van der Waals surface area contributed by atoms with Crippen molar-refractivity contribution < 1.29 is 37.4 Å². The fourth-order valence-corrected chi connectivity index (χ4v) is 4.27. The number of methoxy groups -OCH3 is 1. The molecule has 0 bridgehead atoms. The summed E-state index contributed by atoms with van der Waals surface area (Å²) in [7, 11) is 1.38. The molecule has 0 radical (unpaired) electrons. The first-order chi connectivity index (χ1) is 19.1. The summed E-state index contributed by atoms with van der Waals surface area (Å²) in [5, 5.41) is 0. The van der Waals surface area contributed by atoms with E-state index in [0.29, 0.717) is 17.5 Å². The molecule has 0 aliphatic carbocycles. The summed E-state index contributed by atoms with van der Waals surface area (Å²) in [4.78, 5) is 42.6. The van der Waals surface area contributed by atoms with Crippen molar-refractivity contribution in [3.63, 3.8) is 0 Å². The number of benzene rings is 2. The van der Waals surface area contributed by atoms with Gasteiger partial charge in [-0.3, -0.25) is 14.4 Å². The highest BCUT2D eigenvalue weighted by Gasteiger charge is 2.30. The molecule has 0 aliphatic rings. The van der Waals surface area contributed by atoms with Gasteiger partial charge in [-0.1, -0.05) is 44.5 Å². The van der Waals surface area contributed by atoms with Crippen LogP contribution in [0.1, 0.15) is 74.0 Å². The molecule has 7 nitrogen and oxygen atoms in total. The van der Waals surface area contributed by atoms with Gasteiger partial charge in [0.1, 0.15) is 17.7 Å². The van der Waals surface area contributed by atoms with Crippen LogP contribution in [0.5, 0.6) is 11.5 Å². The van der Waals surface area contributed by atoms with E-state index in [0.717, 1.165) is 6.42 Å². The molecule has 2 aromatic carbocycles. The van der Waals surface area contributed by atoms with Gasteiger partial charge in [-0.15, -0.1) is 0 Å². The number of carbonyl (C=O) groups excluding carboxylic acids is 3. The molecular formula is C31H33F2NO6. The van der Waals surface area contributed by atoms with Gasteiger partial charge in [0.05, 0.1) is 13.0 Å². The number of halogens is 2. The lowest BCUT2D eigenvalue weighted by Crippen LogP contribution is -2.28. The summed E-state index contributed by atoms with van der Waals surface area (Å²) in [6.45, 7) is 5.17. The maximum absolute atomic E-state index is 13.6. The Hall–Kier alpha value is -4.14. The van der Waals surface area contributed by atoms with E-state index >= 15 is 0 Å². The monoisotopic (exact) mass is 553 g/mol. The topological polar surface area (TPSA) is 91.8 Å². The zero-order chi connectivity index (χ0) is 29.2. The van der Waals surface area contributed by atoms with Gasteiger partial charge in [0.2, 0.25) is 5.75 Å². The summed E-state index contributed by atoms with van der Waals surface area (Å²) in [6.07, 6.45) is 1.96. The van der Waals surface area contributed by atoms with Gasteiger partial charge in [-0.05, 0) is 48.7 Å². The van der Waals surface area contributed by atoms with Crippen LogP contribution in [-0.4, -0.2) is 35.9 Å². The van der Waals surface area contributed by atoms with E-state index in [2.05, 4.69) is 4.98 Å². The number of pyridine rings is 1. The number of Topliss-reactive ketones (excluding diaryl/α,β-unsaturated/α-hetero) is 1. The first-order valence-corrected chi connectivity index (χ1v) is 13.1. The van der Waals surface area contributed by atoms with E-state index in [9.17, 15) is 23.2 Å². The van der Waals surface area contributed by atoms with Gasteiger partial charge < -0.3 is 14.2 Å². The molecule has 1 heterocycles. The average Bonchev–Trinajstić information content (AvgIpc) is 2.94. The van der Waals surface area contributed by atoms with Gasteiger partial charge in [0, 0.05) is 31.0 Å². The Morgan fingerprint density at radius 2 is 1.48 bits per heavy atom. The van der Waals surface area contributed by atoms with E-state index in [-0.39, 0.29) is 30.0 Å². The predicted molar refractivity (Wildman–Crippen MR) is 144 cm³/mol. The SMILES string of the molecule is CCCCC(=O)Oc1c(OC)ccnc1C(=O)C[C@@H](C)C(=O)O[C@@H](C)C(c1ccc(F)cc1)c1ccc(F)cc1. The number of rotatable bonds is 13. The van der Waals surface area contributed by atoms with Crippen LogP contribution >= 0.6 is 0 Å². The van der Waals surface area contributed by atoms with Crippen LogP contribution < -0.4 is 9.47 Å². The van der Waals surface area contributed by atoms with Gasteiger partial charge in [-0.25, -0.2) is 13.8 Å². The van der Waals surface area contributed by atoms with Crippen molar-refractivity contribution in [1.82, 2.24) is 4.98 Å². The standard InChI is InChI=1S/C31H33F2NO6/c1-5-6-7-27(36)40-30-26(38-4)16-17-34-29(30)25(35)18-19(2)31(37)39-20(3)28(21-8-12-23(32)13-9-21)22-10-14-24(33)15-11-22/h8-17,19-20,28H,5-7,18H2,1-4H3/t19-,20+/m1/s1. The molecule has 0 unspecified atom stereocenters. The van der Waals surface area contributed by atoms with Crippen molar-refractivity contribution in [3.8, 4) is 11.5 Å². The normalized spacial score (nSPS) is 12.5. The zero-order valence-corrected chi connectivity index (χ0v) is 23.0. The van der Waals surface area contributed by atoms with Crippen molar-refractivity contribution in [2.45, 2.75) is 58.5 Å². The highest BCUT2D eigenvalue weighted by molar-refractivity contribution is 6.00. The largest absolute Gasteiger partial charge is 0.493 e. The molecule has 1 aromatic heterocycles. The van der Waals surface area contributed by atoms with Crippen molar-refractivity contribution >= 4 is 17.7 Å². The van der Waals surface area contributed by atoms with Gasteiger partial charge in [0.25, 0.3) is 0 Å². The quantitative estimate of drug-likeness (QED) is 0.178. The Balaban J connectivity index is 1.76. The maximum atomic E-state index is 13.6. The van der Waals surface area contributed by atoms with Crippen LogP contribution in [0.3, 0.4) is 0 Å². The van der Waals surface area contributed by atoms with E-state index in [1.807, 2.05) is 6.92 Å². The fraction of sp³-hybridized carbons (Fsp3) is 0.355. The van der Waals surface area contributed by atoms with Gasteiger partial charge in [0.15, 0.2) is 17.2 Å². The van der Waals surface area contributed by atoms with Crippen molar-refractivity contribution in [1.29, 1.82) is 0 Å². The summed E-state index contributed by atoms with van der Waals surface area (Å²) < 4.78 is 43.6. The second-order valence-corrected chi connectivity index (χ2v) is 9.52. The first kappa shape index (κ1) is 30.4. The lowest BCUT2D eigenvalue weighted by Gasteiger charge is -2.26. The Labute approximate surface area is 232 Å². The molecule has 40 heavy (non-hydrogen) atoms. The Bertz CT molecular complexity index is 1260. The van der Waals surface area contributed by atoms with Crippen LogP contribution in [-0.2, 0) is 14.3 Å². The van der Waals surface area contributed by atoms with Gasteiger partial charge >= 0.3 is 11.9 Å². The third-order valence-corrected chi connectivity index (χ3v) is 6.43. The molecule has 0 fully saturated rings. The molecule has 0 aliphatic heterocycles. The molecular weight excluding hydrogens is 520 g/mol. The second kappa shape index (κ2) is 14.3. The summed E-state index contributed by atoms with van der Waals surface area (Å²) in [6, 6.07) is 13.0. The summed E-state index contributed by atoms with van der Waals surface area (Å²) in [5.74, 6) is -3.81. The molecule has 0 amide bonds. The highest BCUT2D eigenvalue weighted by Crippen LogP contribution is 2.33. The Morgan fingerprint density at radius 3 is 2.00 bits per heavy atom. The van der Waals surface area contributed by atoms with Crippen LogP contribution in [0, 0.1) is 17.6 Å². The van der Waals surface area contributed by atoms with Crippen molar-refractivity contribution in [2.24, 2.45) is 5.92 Å². The molecule has 3 aromatic rings. The van der Waals surface area contributed by atoms with E-state index in [4.69, 9.17) is 14.2 Å². The van der Waals surface area contributed by atoms with Crippen LogP contribution in [0.25, 0.3) is 0 Å². The molecule has 0 spiro atoms. The number of carbonyl (C=O) groups is 3. The lowest BCUT2D eigenvalue weighted by atomic mass is 9.87. The number of hydrogen-bond donors (Lipinski definition) is 0. The Kier molecular flexibility index (Phi) is 10.9. The first-order valence-electron chi connectivity index (χ1n) is 13.1.